The van der Waals surface area contributed by atoms with E-state index in [1.165, 1.54) is 12.1 Å². The molecule has 1 amide bonds. The molecule has 4 aromatic heterocycles. The number of fused-ring (bicyclic) bond motifs is 2. The van der Waals surface area contributed by atoms with Crippen LogP contribution in [0.4, 0.5) is 10.1 Å². The van der Waals surface area contributed by atoms with Gasteiger partial charge in [0.05, 0.1) is 17.4 Å². The fourth-order valence-electron chi connectivity index (χ4n) is 4.51. The van der Waals surface area contributed by atoms with E-state index in [0.29, 0.717) is 34.8 Å². The van der Waals surface area contributed by atoms with Gasteiger partial charge in [-0.25, -0.2) is 14.4 Å². The van der Waals surface area contributed by atoms with Gasteiger partial charge in [-0.1, -0.05) is 32.0 Å². The summed E-state index contributed by atoms with van der Waals surface area (Å²) in [5, 5.41) is 11.4. The zero-order chi connectivity index (χ0) is 26.2. The summed E-state index contributed by atoms with van der Waals surface area (Å²) in [5.41, 5.74) is 6.93. The number of nitrogens with one attached hydrogen (secondary N) is 3. The van der Waals surface area contributed by atoms with Gasteiger partial charge in [-0.3, -0.25) is 14.9 Å². The first kappa shape index (κ1) is 23.5. The average Bonchev–Trinajstić information content (AvgIpc) is 3.52. The standard InChI is InChI=1S/C29H24FN7O/c1-16(2)11-25(38)33-21-12-19(14-31-15-21)18-5-8-24-23(13-18)27(37-36-24)29-34-26-22(9-10-32-28(26)35-29)17-3-6-20(30)7-4-17/h3-10,12-16H,11H2,1-2H3,(H,33,38)(H,36,37)(H,32,34,35). The normalized spacial score (nSPS) is 11.5. The number of benzene rings is 2. The number of hydrogen-bond donors (Lipinski definition) is 3. The number of carbonyl (C=O) groups excluding carboxylic acids is 1. The summed E-state index contributed by atoms with van der Waals surface area (Å²) in [6, 6.07) is 16.0. The first-order chi connectivity index (χ1) is 18.4. The number of nitrogens with zero attached hydrogens (tertiary/aromatic N) is 4. The summed E-state index contributed by atoms with van der Waals surface area (Å²) in [4.78, 5) is 29.1. The van der Waals surface area contributed by atoms with Crippen molar-refractivity contribution in [1.82, 2.24) is 30.1 Å². The van der Waals surface area contributed by atoms with Crippen molar-refractivity contribution in [2.24, 2.45) is 5.92 Å². The van der Waals surface area contributed by atoms with Crippen molar-refractivity contribution in [2.75, 3.05) is 5.32 Å². The molecule has 188 valence electrons. The Hall–Kier alpha value is -4.92. The highest BCUT2D eigenvalue weighted by atomic mass is 19.1. The molecule has 0 aliphatic heterocycles. The number of aromatic nitrogens is 6. The van der Waals surface area contributed by atoms with Crippen molar-refractivity contribution in [2.45, 2.75) is 20.3 Å². The third-order valence-corrected chi connectivity index (χ3v) is 6.28. The summed E-state index contributed by atoms with van der Waals surface area (Å²) in [7, 11) is 0. The smallest absolute Gasteiger partial charge is 0.224 e. The van der Waals surface area contributed by atoms with Crippen LogP contribution in [0.1, 0.15) is 20.3 Å². The van der Waals surface area contributed by atoms with Crippen LogP contribution in [0, 0.1) is 11.7 Å². The van der Waals surface area contributed by atoms with Crippen molar-refractivity contribution in [3.63, 3.8) is 0 Å². The molecule has 0 spiro atoms. The Labute approximate surface area is 217 Å². The molecule has 9 heteroatoms. The highest BCUT2D eigenvalue weighted by Gasteiger charge is 2.17. The van der Waals surface area contributed by atoms with Crippen LogP contribution in [0.25, 0.3) is 55.8 Å². The number of pyridine rings is 2. The number of anilines is 1. The summed E-state index contributed by atoms with van der Waals surface area (Å²) in [5.74, 6) is 0.510. The Morgan fingerprint density at radius 3 is 2.63 bits per heavy atom. The fraction of sp³-hybridized carbons (Fsp3) is 0.138. The number of rotatable bonds is 6. The Morgan fingerprint density at radius 2 is 1.82 bits per heavy atom. The van der Waals surface area contributed by atoms with E-state index in [9.17, 15) is 9.18 Å². The molecule has 0 atom stereocenters. The zero-order valence-electron chi connectivity index (χ0n) is 20.8. The van der Waals surface area contributed by atoms with Gasteiger partial charge in [-0.05, 0) is 53.4 Å². The number of hydrogen-bond acceptors (Lipinski definition) is 5. The number of halogens is 1. The molecule has 0 aliphatic rings. The average molecular weight is 506 g/mol. The monoisotopic (exact) mass is 505 g/mol. The quantitative estimate of drug-likeness (QED) is 0.244. The van der Waals surface area contributed by atoms with Gasteiger partial charge in [0.1, 0.15) is 17.0 Å². The molecule has 38 heavy (non-hydrogen) atoms. The lowest BCUT2D eigenvalue weighted by Gasteiger charge is -2.09. The summed E-state index contributed by atoms with van der Waals surface area (Å²) in [6.07, 6.45) is 5.55. The number of carbonyl (C=O) groups is 1. The molecule has 8 nitrogen and oxygen atoms in total. The second-order valence-electron chi connectivity index (χ2n) is 9.59. The third kappa shape index (κ3) is 4.50. The van der Waals surface area contributed by atoms with E-state index in [1.54, 1.807) is 30.7 Å². The lowest BCUT2D eigenvalue weighted by atomic mass is 10.0. The van der Waals surface area contributed by atoms with Crippen LogP contribution in [-0.2, 0) is 4.79 Å². The maximum atomic E-state index is 13.5. The molecule has 6 rings (SSSR count). The van der Waals surface area contributed by atoms with Gasteiger partial charge < -0.3 is 10.3 Å². The third-order valence-electron chi connectivity index (χ3n) is 6.28. The second-order valence-corrected chi connectivity index (χ2v) is 9.59. The predicted octanol–water partition coefficient (Wildman–Crippen LogP) is 6.35. The fourth-order valence-corrected chi connectivity index (χ4v) is 4.51. The molecule has 3 N–H and O–H groups in total. The van der Waals surface area contributed by atoms with Crippen LogP contribution in [-0.4, -0.2) is 36.0 Å². The minimum atomic E-state index is -0.292. The SMILES string of the molecule is CC(C)CC(=O)Nc1cncc(-c2ccc3[nH]nc(-c4nc5c(-c6ccc(F)cc6)ccnc5[nH]4)c3c2)c1. The summed E-state index contributed by atoms with van der Waals surface area (Å²) in [6.45, 7) is 4.02. The Morgan fingerprint density at radius 1 is 1.00 bits per heavy atom. The summed E-state index contributed by atoms with van der Waals surface area (Å²) < 4.78 is 13.5. The van der Waals surface area contributed by atoms with Crippen molar-refractivity contribution < 1.29 is 9.18 Å². The van der Waals surface area contributed by atoms with Crippen LogP contribution in [0.5, 0.6) is 0 Å². The van der Waals surface area contributed by atoms with Gasteiger partial charge >= 0.3 is 0 Å². The van der Waals surface area contributed by atoms with E-state index in [1.807, 2.05) is 44.2 Å². The van der Waals surface area contributed by atoms with E-state index in [0.717, 1.165) is 33.2 Å². The van der Waals surface area contributed by atoms with Crippen LogP contribution >= 0.6 is 0 Å². The molecule has 6 aromatic rings. The van der Waals surface area contributed by atoms with Crippen molar-refractivity contribution in [3.8, 4) is 33.8 Å². The van der Waals surface area contributed by atoms with E-state index in [2.05, 4.69) is 30.5 Å². The molecule has 0 saturated carbocycles. The molecule has 4 heterocycles. The molecule has 2 aromatic carbocycles. The van der Waals surface area contributed by atoms with Crippen molar-refractivity contribution in [3.05, 3.63) is 79.0 Å². The molecule has 0 radical (unpaired) electrons. The van der Waals surface area contributed by atoms with Crippen molar-refractivity contribution >= 4 is 33.7 Å². The summed E-state index contributed by atoms with van der Waals surface area (Å²) >= 11 is 0. The van der Waals surface area contributed by atoms with E-state index < -0.39 is 0 Å². The lowest BCUT2D eigenvalue weighted by molar-refractivity contribution is -0.116. The highest BCUT2D eigenvalue weighted by molar-refractivity contribution is 5.98. The zero-order valence-corrected chi connectivity index (χ0v) is 20.8. The number of aromatic amines is 2. The predicted molar refractivity (Wildman–Crippen MR) is 146 cm³/mol. The van der Waals surface area contributed by atoms with Crippen molar-refractivity contribution in [1.29, 1.82) is 0 Å². The van der Waals surface area contributed by atoms with Crippen LogP contribution in [0.2, 0.25) is 0 Å². The van der Waals surface area contributed by atoms with Crippen LogP contribution < -0.4 is 5.32 Å². The first-order valence-electron chi connectivity index (χ1n) is 12.3. The maximum Gasteiger partial charge on any atom is 0.224 e. The van der Waals surface area contributed by atoms with Gasteiger partial charge in [0.2, 0.25) is 5.91 Å². The van der Waals surface area contributed by atoms with Gasteiger partial charge in [0, 0.05) is 35.3 Å². The van der Waals surface area contributed by atoms with Gasteiger partial charge in [-0.15, -0.1) is 0 Å². The molecule has 0 bridgehead atoms. The Bertz CT molecular complexity index is 1790. The minimum Gasteiger partial charge on any atom is -0.325 e. The Balaban J connectivity index is 1.38. The maximum absolute atomic E-state index is 13.5. The molecular formula is C29H24FN7O. The number of imidazole rings is 1. The minimum absolute atomic E-state index is 0.0370. The van der Waals surface area contributed by atoms with Gasteiger partial charge in [-0.2, -0.15) is 5.10 Å². The van der Waals surface area contributed by atoms with E-state index in [-0.39, 0.29) is 17.6 Å². The molecule has 0 fully saturated rings. The molecule has 0 aliphatic carbocycles. The molecular weight excluding hydrogens is 481 g/mol. The topological polar surface area (TPSA) is 112 Å². The lowest BCUT2D eigenvalue weighted by Crippen LogP contribution is -2.13. The second kappa shape index (κ2) is 9.51. The largest absolute Gasteiger partial charge is 0.325 e. The van der Waals surface area contributed by atoms with Gasteiger partial charge in [0.15, 0.2) is 11.5 Å². The number of amides is 1. The van der Waals surface area contributed by atoms with E-state index >= 15 is 0 Å². The molecule has 0 saturated heterocycles. The van der Waals surface area contributed by atoms with Gasteiger partial charge in [0.25, 0.3) is 0 Å². The Kier molecular flexibility index (Phi) is 5.88. The van der Waals surface area contributed by atoms with Crippen LogP contribution in [0.3, 0.4) is 0 Å². The highest BCUT2D eigenvalue weighted by Crippen LogP contribution is 2.33. The van der Waals surface area contributed by atoms with Crippen LogP contribution in [0.15, 0.2) is 73.2 Å². The first-order valence-corrected chi connectivity index (χ1v) is 12.3. The van der Waals surface area contributed by atoms with E-state index in [4.69, 9.17) is 4.98 Å². The molecule has 0 unspecified atom stereocenters. The number of H-pyrrole nitrogens is 2.